The Labute approximate surface area is 270 Å². The quantitative estimate of drug-likeness (QED) is 0.172. The zero-order valence-electron chi connectivity index (χ0n) is 26.5. The van der Waals surface area contributed by atoms with Gasteiger partial charge in [-0.1, -0.05) is 79.7 Å². The van der Waals surface area contributed by atoms with Gasteiger partial charge in [-0.05, 0) is 60.6 Å². The van der Waals surface area contributed by atoms with E-state index in [1.54, 1.807) is 17.1 Å². The Bertz CT molecular complexity index is 1660. The number of aliphatic hydroxyl groups excluding tert-OH is 1. The number of fused-ring (bicyclic) bond motifs is 2. The summed E-state index contributed by atoms with van der Waals surface area (Å²) in [6, 6.07) is 21.5. The molecular formula is C38H42N2O6. The summed E-state index contributed by atoms with van der Waals surface area (Å²) in [7, 11) is 0. The molecule has 1 spiro atoms. The number of ether oxygens (including phenoxy) is 2. The molecule has 6 rings (SSSR count). The first-order valence-corrected chi connectivity index (χ1v) is 16.1. The first-order chi connectivity index (χ1) is 22.2. The van der Waals surface area contributed by atoms with Crippen molar-refractivity contribution in [3.05, 3.63) is 104 Å². The number of nitrogens with zero attached hydrogens (tertiary/aromatic N) is 2. The molecule has 2 bridgehead atoms. The summed E-state index contributed by atoms with van der Waals surface area (Å²) in [5.41, 5.74) is -0.716. The maximum Gasteiger partial charge on any atom is 0.312 e. The normalized spacial score (nSPS) is 28.6. The highest BCUT2D eigenvalue weighted by Crippen LogP contribution is 2.65. The number of aliphatic hydroxyl groups is 1. The molecule has 3 aromatic carbocycles. The van der Waals surface area contributed by atoms with E-state index in [0.29, 0.717) is 24.9 Å². The monoisotopic (exact) mass is 622 g/mol. The van der Waals surface area contributed by atoms with Crippen LogP contribution in [-0.4, -0.2) is 70.8 Å². The number of anilines is 1. The molecule has 0 aliphatic carbocycles. The SMILES string of the molecule is C=CCCOC(=O)[C@@H]1[C@H]2C(=O)N([C@@H](CO)Cc3ccccc3)C(C(=O)N(CC=C)c3ccc4ccccc4c3)C23CC(C)[C@@]1(C)O3. The fraction of sp³-hybridized carbons (Fsp3) is 0.395. The van der Waals surface area contributed by atoms with Crippen LogP contribution >= 0.6 is 0 Å². The van der Waals surface area contributed by atoms with Gasteiger partial charge >= 0.3 is 5.97 Å². The van der Waals surface area contributed by atoms with Gasteiger partial charge in [0.05, 0.1) is 30.8 Å². The number of rotatable bonds is 12. The highest BCUT2D eigenvalue weighted by molar-refractivity contribution is 6.06. The molecule has 3 aliphatic heterocycles. The molecule has 3 unspecified atom stereocenters. The number of amides is 2. The van der Waals surface area contributed by atoms with Crippen molar-refractivity contribution in [1.82, 2.24) is 4.90 Å². The second-order valence-corrected chi connectivity index (χ2v) is 13.0. The Morgan fingerprint density at radius 3 is 2.50 bits per heavy atom. The summed E-state index contributed by atoms with van der Waals surface area (Å²) < 4.78 is 12.6. The van der Waals surface area contributed by atoms with Crippen molar-refractivity contribution in [3.63, 3.8) is 0 Å². The maximum atomic E-state index is 15.1. The number of carbonyl (C=O) groups is 3. The number of benzene rings is 3. The van der Waals surface area contributed by atoms with E-state index in [2.05, 4.69) is 13.2 Å². The fourth-order valence-corrected chi connectivity index (χ4v) is 8.12. The van der Waals surface area contributed by atoms with Gasteiger partial charge in [0.1, 0.15) is 17.6 Å². The summed E-state index contributed by atoms with van der Waals surface area (Å²) in [4.78, 5) is 46.8. The zero-order valence-corrected chi connectivity index (χ0v) is 26.5. The van der Waals surface area contributed by atoms with Crippen molar-refractivity contribution < 1.29 is 29.0 Å². The zero-order chi connectivity index (χ0) is 32.6. The van der Waals surface area contributed by atoms with Gasteiger partial charge in [0.25, 0.3) is 5.91 Å². The minimum Gasteiger partial charge on any atom is -0.465 e. The van der Waals surface area contributed by atoms with Crippen molar-refractivity contribution in [3.8, 4) is 0 Å². The Morgan fingerprint density at radius 1 is 1.09 bits per heavy atom. The van der Waals surface area contributed by atoms with E-state index in [4.69, 9.17) is 9.47 Å². The van der Waals surface area contributed by atoms with Gasteiger partial charge in [-0.15, -0.1) is 13.2 Å². The molecule has 3 aromatic rings. The van der Waals surface area contributed by atoms with Crippen LogP contribution in [0.25, 0.3) is 10.8 Å². The Balaban J connectivity index is 1.47. The molecule has 0 aromatic heterocycles. The summed E-state index contributed by atoms with van der Waals surface area (Å²) >= 11 is 0. The van der Waals surface area contributed by atoms with Crippen LogP contribution in [0.2, 0.25) is 0 Å². The highest BCUT2D eigenvalue weighted by atomic mass is 16.6. The third-order valence-electron chi connectivity index (χ3n) is 10.3. The molecule has 3 heterocycles. The van der Waals surface area contributed by atoms with Crippen LogP contribution in [0.15, 0.2) is 98.1 Å². The molecule has 46 heavy (non-hydrogen) atoms. The van der Waals surface area contributed by atoms with E-state index in [1.165, 1.54) is 4.90 Å². The molecule has 7 atom stereocenters. The average molecular weight is 623 g/mol. The predicted octanol–water partition coefficient (Wildman–Crippen LogP) is 5.09. The third kappa shape index (κ3) is 5.04. The minimum absolute atomic E-state index is 0.140. The van der Waals surface area contributed by atoms with Crippen LogP contribution in [0.3, 0.4) is 0 Å². The summed E-state index contributed by atoms with van der Waals surface area (Å²) in [6.07, 6.45) is 4.55. The topological polar surface area (TPSA) is 96.4 Å². The fourth-order valence-electron chi connectivity index (χ4n) is 8.12. The van der Waals surface area contributed by atoms with Gasteiger partial charge in [0.15, 0.2) is 0 Å². The van der Waals surface area contributed by atoms with Crippen LogP contribution in [0.5, 0.6) is 0 Å². The highest BCUT2D eigenvalue weighted by Gasteiger charge is 2.80. The van der Waals surface area contributed by atoms with E-state index in [1.807, 2.05) is 86.6 Å². The second kappa shape index (κ2) is 12.5. The Hall–Kier alpha value is -4.27. The van der Waals surface area contributed by atoms with Gasteiger partial charge in [-0.3, -0.25) is 14.4 Å². The molecule has 8 nitrogen and oxygen atoms in total. The molecule has 1 N–H and O–H groups in total. The Morgan fingerprint density at radius 2 is 1.80 bits per heavy atom. The molecule has 0 radical (unpaired) electrons. The van der Waals surface area contributed by atoms with Crippen molar-refractivity contribution in [2.24, 2.45) is 17.8 Å². The van der Waals surface area contributed by atoms with E-state index >= 15 is 4.79 Å². The van der Waals surface area contributed by atoms with Gasteiger partial charge in [0, 0.05) is 12.2 Å². The predicted molar refractivity (Wildman–Crippen MR) is 177 cm³/mol. The van der Waals surface area contributed by atoms with Gasteiger partial charge in [0.2, 0.25) is 5.91 Å². The largest absolute Gasteiger partial charge is 0.465 e. The van der Waals surface area contributed by atoms with Crippen LogP contribution < -0.4 is 4.90 Å². The molecular weight excluding hydrogens is 580 g/mol. The van der Waals surface area contributed by atoms with Crippen LogP contribution in [0.4, 0.5) is 5.69 Å². The molecule has 3 fully saturated rings. The smallest absolute Gasteiger partial charge is 0.312 e. The summed E-state index contributed by atoms with van der Waals surface area (Å²) in [5, 5.41) is 12.8. The van der Waals surface area contributed by atoms with Crippen molar-refractivity contribution in [2.45, 2.75) is 56.4 Å². The lowest BCUT2D eigenvalue weighted by atomic mass is 9.62. The number of hydrogen-bond donors (Lipinski definition) is 1. The lowest BCUT2D eigenvalue weighted by Crippen LogP contribution is -2.59. The van der Waals surface area contributed by atoms with E-state index in [9.17, 15) is 14.7 Å². The van der Waals surface area contributed by atoms with Gasteiger partial charge in [-0.2, -0.15) is 0 Å². The number of carbonyl (C=O) groups excluding carboxylic acids is 3. The molecule has 3 aliphatic rings. The number of esters is 1. The first-order valence-electron chi connectivity index (χ1n) is 16.1. The lowest BCUT2D eigenvalue weighted by molar-refractivity contribution is -0.162. The number of hydrogen-bond acceptors (Lipinski definition) is 6. The molecule has 8 heteroatoms. The van der Waals surface area contributed by atoms with Crippen LogP contribution in [0, 0.1) is 17.8 Å². The second-order valence-electron chi connectivity index (χ2n) is 13.0. The molecule has 2 amide bonds. The van der Waals surface area contributed by atoms with Crippen LogP contribution in [-0.2, 0) is 30.3 Å². The first kappa shape index (κ1) is 31.7. The van der Waals surface area contributed by atoms with Crippen molar-refractivity contribution in [1.29, 1.82) is 0 Å². The number of likely N-dealkylation sites (tertiary alicyclic amines) is 1. The van der Waals surface area contributed by atoms with Crippen LogP contribution in [0.1, 0.15) is 32.3 Å². The molecule has 3 saturated heterocycles. The van der Waals surface area contributed by atoms with Crippen molar-refractivity contribution in [2.75, 3.05) is 24.7 Å². The van der Waals surface area contributed by atoms with E-state index < -0.39 is 41.1 Å². The lowest BCUT2D eigenvalue weighted by Gasteiger charge is -2.39. The summed E-state index contributed by atoms with van der Waals surface area (Å²) in [5.74, 6) is -3.20. The molecule has 0 saturated carbocycles. The molecule has 240 valence electrons. The van der Waals surface area contributed by atoms with E-state index in [-0.39, 0.29) is 37.5 Å². The summed E-state index contributed by atoms with van der Waals surface area (Å²) in [6.45, 7) is 11.5. The van der Waals surface area contributed by atoms with Gasteiger partial charge in [-0.25, -0.2) is 0 Å². The Kier molecular flexibility index (Phi) is 8.61. The maximum absolute atomic E-state index is 15.1. The van der Waals surface area contributed by atoms with E-state index in [0.717, 1.165) is 16.3 Å². The van der Waals surface area contributed by atoms with Gasteiger partial charge < -0.3 is 24.4 Å². The average Bonchev–Trinajstić information content (AvgIpc) is 3.58. The minimum atomic E-state index is -1.29. The standard InChI is InChI=1S/C38H42N2O6/c1-5-7-20-45-36(44)32-31-34(42)40(30(24-41)21-26-13-9-8-10-14-26)33(38(31)23-25(3)37(32,4)46-38)35(43)39(19-6-2)29-18-17-27-15-11-12-16-28(27)22-29/h5-6,8-18,22,25,30-33,41H,1-2,7,19-21,23-24H2,3-4H3/t25?,30-,31+,32+,33?,37-,38?/m1/s1. The third-order valence-corrected chi connectivity index (χ3v) is 10.3. The van der Waals surface area contributed by atoms with Crippen molar-refractivity contribution >= 4 is 34.2 Å².